The van der Waals surface area contributed by atoms with Gasteiger partial charge in [-0.1, -0.05) is 0 Å². The summed E-state index contributed by atoms with van der Waals surface area (Å²) in [7, 11) is 0. The van der Waals surface area contributed by atoms with Crippen molar-refractivity contribution >= 4 is 23.0 Å². The fourth-order valence-electron chi connectivity index (χ4n) is 1.37. The standard InChI is InChI=1S/C10H8F4N6/c11-6-2-1-4(3-5(6)10(12,13)14)17-18-7-8(15)19-20-9(7)16/h1-3H,(H5,15,16,19,20). The molecule has 2 aromatic rings. The molecule has 0 atom stereocenters. The summed E-state index contributed by atoms with van der Waals surface area (Å²) in [5.41, 5.74) is 9.23. The van der Waals surface area contributed by atoms with Crippen LogP contribution in [-0.4, -0.2) is 10.2 Å². The van der Waals surface area contributed by atoms with Gasteiger partial charge < -0.3 is 11.5 Å². The van der Waals surface area contributed by atoms with E-state index in [9.17, 15) is 17.6 Å². The van der Waals surface area contributed by atoms with Crippen LogP contribution in [0.2, 0.25) is 0 Å². The molecule has 0 saturated heterocycles. The molecule has 2 rings (SSSR count). The highest BCUT2D eigenvalue weighted by Crippen LogP contribution is 2.34. The summed E-state index contributed by atoms with van der Waals surface area (Å²) in [6.07, 6.45) is -4.82. The summed E-state index contributed by atoms with van der Waals surface area (Å²) >= 11 is 0. The van der Waals surface area contributed by atoms with Gasteiger partial charge in [-0.05, 0) is 18.2 Å². The highest BCUT2D eigenvalue weighted by molar-refractivity contribution is 5.70. The highest BCUT2D eigenvalue weighted by Gasteiger charge is 2.34. The molecule has 0 aliphatic heterocycles. The molecule has 0 saturated carbocycles. The van der Waals surface area contributed by atoms with Crippen molar-refractivity contribution in [3.05, 3.63) is 29.6 Å². The van der Waals surface area contributed by atoms with Gasteiger partial charge in [-0.3, -0.25) is 5.10 Å². The Hall–Kier alpha value is -2.65. The van der Waals surface area contributed by atoms with Crippen molar-refractivity contribution in [1.29, 1.82) is 0 Å². The van der Waals surface area contributed by atoms with Gasteiger partial charge in [0, 0.05) is 0 Å². The first-order chi connectivity index (χ1) is 9.29. The Bertz CT molecular complexity index is 641. The third kappa shape index (κ3) is 2.68. The molecule has 0 radical (unpaired) electrons. The lowest BCUT2D eigenvalue weighted by molar-refractivity contribution is -0.139. The number of nitrogens with two attached hydrogens (primary N) is 2. The quantitative estimate of drug-likeness (QED) is 0.583. The van der Waals surface area contributed by atoms with Crippen molar-refractivity contribution < 1.29 is 17.6 Å². The summed E-state index contributed by atoms with van der Waals surface area (Å²) in [5.74, 6) is -1.42. The third-order valence-corrected chi connectivity index (χ3v) is 2.32. The molecule has 0 amide bonds. The first-order valence-corrected chi connectivity index (χ1v) is 5.17. The molecule has 0 unspecified atom stereocenters. The first-order valence-electron chi connectivity index (χ1n) is 5.17. The lowest BCUT2D eigenvalue weighted by Gasteiger charge is -2.07. The third-order valence-electron chi connectivity index (χ3n) is 2.32. The molecule has 1 heterocycles. The monoisotopic (exact) mass is 288 g/mol. The second-order valence-corrected chi connectivity index (χ2v) is 3.73. The van der Waals surface area contributed by atoms with Crippen molar-refractivity contribution in [2.75, 3.05) is 11.5 Å². The van der Waals surface area contributed by atoms with Crippen molar-refractivity contribution in [2.45, 2.75) is 6.18 Å². The van der Waals surface area contributed by atoms with E-state index in [1.165, 1.54) is 0 Å². The zero-order chi connectivity index (χ0) is 14.9. The molecule has 0 aliphatic carbocycles. The Balaban J connectivity index is 2.36. The predicted octanol–water partition coefficient (Wildman–Crippen LogP) is 3.15. The fourth-order valence-corrected chi connectivity index (χ4v) is 1.37. The van der Waals surface area contributed by atoms with E-state index in [0.29, 0.717) is 12.1 Å². The van der Waals surface area contributed by atoms with Crippen LogP contribution in [-0.2, 0) is 6.18 Å². The minimum absolute atomic E-state index is 0.00267. The summed E-state index contributed by atoms with van der Waals surface area (Å²) in [6, 6.07) is 2.23. The summed E-state index contributed by atoms with van der Waals surface area (Å²) in [5, 5.41) is 13.0. The van der Waals surface area contributed by atoms with E-state index in [2.05, 4.69) is 20.4 Å². The molecule has 10 heteroatoms. The minimum atomic E-state index is -4.82. The number of H-pyrrole nitrogens is 1. The molecule has 1 aromatic heterocycles. The van der Waals surface area contributed by atoms with Gasteiger partial charge in [-0.2, -0.15) is 23.4 Å². The minimum Gasteiger partial charge on any atom is -0.382 e. The lowest BCUT2D eigenvalue weighted by atomic mass is 10.2. The summed E-state index contributed by atoms with van der Waals surface area (Å²) < 4.78 is 50.6. The second kappa shape index (κ2) is 4.79. The summed E-state index contributed by atoms with van der Waals surface area (Å²) in [6.45, 7) is 0. The zero-order valence-electron chi connectivity index (χ0n) is 9.74. The molecule has 106 valence electrons. The number of aromatic nitrogens is 2. The fraction of sp³-hybridized carbons (Fsp3) is 0.100. The molecule has 0 fully saturated rings. The first kappa shape index (κ1) is 13.8. The van der Waals surface area contributed by atoms with Gasteiger partial charge in [0.2, 0.25) is 0 Å². The number of rotatable bonds is 2. The van der Waals surface area contributed by atoms with Gasteiger partial charge in [0.25, 0.3) is 0 Å². The van der Waals surface area contributed by atoms with Crippen LogP contribution < -0.4 is 11.5 Å². The maximum absolute atomic E-state index is 13.1. The summed E-state index contributed by atoms with van der Waals surface area (Å²) in [4.78, 5) is 0. The van der Waals surface area contributed by atoms with Crippen LogP contribution in [0, 0.1) is 5.82 Å². The number of halogens is 4. The van der Waals surface area contributed by atoms with Gasteiger partial charge in [0.15, 0.2) is 11.5 Å². The van der Waals surface area contributed by atoms with Gasteiger partial charge in [0.05, 0.1) is 11.3 Å². The van der Waals surface area contributed by atoms with Crippen LogP contribution >= 0.6 is 0 Å². The van der Waals surface area contributed by atoms with Gasteiger partial charge in [0.1, 0.15) is 11.6 Å². The average Bonchev–Trinajstić information content (AvgIpc) is 2.67. The van der Waals surface area contributed by atoms with E-state index in [4.69, 9.17) is 11.5 Å². The Labute approximate surface area is 109 Å². The van der Waals surface area contributed by atoms with E-state index in [1.807, 2.05) is 0 Å². The van der Waals surface area contributed by atoms with Crippen LogP contribution in [0.4, 0.5) is 40.6 Å². The molecule has 20 heavy (non-hydrogen) atoms. The van der Waals surface area contributed by atoms with Crippen LogP contribution in [0.25, 0.3) is 0 Å². The normalized spacial score (nSPS) is 12.2. The zero-order valence-corrected chi connectivity index (χ0v) is 9.74. The molecule has 0 aliphatic rings. The molecule has 0 spiro atoms. The van der Waals surface area contributed by atoms with Crippen LogP contribution in [0.1, 0.15) is 5.56 Å². The van der Waals surface area contributed by atoms with Gasteiger partial charge in [-0.25, -0.2) is 4.39 Å². The van der Waals surface area contributed by atoms with Crippen LogP contribution in [0.3, 0.4) is 0 Å². The SMILES string of the molecule is Nc1n[nH]c(N)c1N=Nc1ccc(F)c(C(F)(F)F)c1. The van der Waals surface area contributed by atoms with Crippen molar-refractivity contribution in [2.24, 2.45) is 10.2 Å². The molecule has 0 bridgehead atoms. The van der Waals surface area contributed by atoms with Crippen molar-refractivity contribution in [3.8, 4) is 0 Å². The largest absolute Gasteiger partial charge is 0.419 e. The van der Waals surface area contributed by atoms with Gasteiger partial charge >= 0.3 is 6.18 Å². The molecule has 6 nitrogen and oxygen atoms in total. The van der Waals surface area contributed by atoms with E-state index >= 15 is 0 Å². The maximum atomic E-state index is 13.1. The Morgan fingerprint density at radius 3 is 2.40 bits per heavy atom. The number of azo groups is 1. The lowest BCUT2D eigenvalue weighted by Crippen LogP contribution is -2.07. The Morgan fingerprint density at radius 2 is 1.85 bits per heavy atom. The molecular formula is C10H8F4N6. The maximum Gasteiger partial charge on any atom is 0.419 e. The second-order valence-electron chi connectivity index (χ2n) is 3.73. The predicted molar refractivity (Wildman–Crippen MR) is 63.0 cm³/mol. The van der Waals surface area contributed by atoms with Crippen molar-refractivity contribution in [3.63, 3.8) is 0 Å². The van der Waals surface area contributed by atoms with E-state index < -0.39 is 17.6 Å². The number of benzene rings is 1. The van der Waals surface area contributed by atoms with Crippen LogP contribution in [0.15, 0.2) is 28.4 Å². The smallest absolute Gasteiger partial charge is 0.382 e. The Kier molecular flexibility index (Phi) is 3.30. The number of nitrogens with one attached hydrogen (secondary N) is 1. The number of nitrogen functional groups attached to an aromatic ring is 2. The number of nitrogens with zero attached hydrogens (tertiary/aromatic N) is 3. The number of anilines is 2. The van der Waals surface area contributed by atoms with Crippen molar-refractivity contribution in [1.82, 2.24) is 10.2 Å². The van der Waals surface area contributed by atoms with E-state index in [1.54, 1.807) is 0 Å². The highest BCUT2D eigenvalue weighted by atomic mass is 19.4. The Morgan fingerprint density at radius 1 is 1.15 bits per heavy atom. The van der Waals surface area contributed by atoms with E-state index in [0.717, 1.165) is 6.07 Å². The van der Waals surface area contributed by atoms with Crippen LogP contribution in [0.5, 0.6) is 0 Å². The molecule has 1 aromatic carbocycles. The molecule has 5 N–H and O–H groups in total. The number of aromatic amines is 1. The number of hydrogen-bond donors (Lipinski definition) is 3. The molecular weight excluding hydrogens is 280 g/mol. The van der Waals surface area contributed by atoms with Gasteiger partial charge in [-0.15, -0.1) is 5.11 Å². The number of hydrogen-bond acceptors (Lipinski definition) is 5. The number of alkyl halides is 3. The average molecular weight is 288 g/mol. The van der Waals surface area contributed by atoms with E-state index in [-0.39, 0.29) is 23.0 Å². The topological polar surface area (TPSA) is 105 Å².